The lowest BCUT2D eigenvalue weighted by Crippen LogP contribution is -2.59. The number of aliphatic hydroxyl groups is 5. The molecule has 11 N–H and O–H groups in total. The molecule has 9 heterocycles. The van der Waals surface area contributed by atoms with E-state index in [1.165, 1.54) is 75.9 Å². The number of phenolic OH excluding ortho intramolecular Hbond substituents is 6. The molecule has 0 saturated carbocycles. The molecule has 774 valence electrons. The van der Waals surface area contributed by atoms with Gasteiger partial charge in [0.25, 0.3) is 0 Å². The molecule has 9 aliphatic heterocycles. The molecule has 6 aliphatic carbocycles. The number of aromatic hydroxyl groups is 6. The summed E-state index contributed by atoms with van der Waals surface area (Å²) in [7, 11) is 8.68. The van der Waals surface area contributed by atoms with Crippen LogP contribution in [-0.2, 0) is 105 Å². The molecule has 144 heavy (non-hydrogen) atoms. The fraction of sp³-hybridized carbons (Fsp3) is 0.550. The Morgan fingerprint density at radius 2 is 0.771 bits per heavy atom. The number of Topliss-reactive ketones (excluding diaryl/α,β-unsaturated/α-hetero) is 3. The first kappa shape index (κ1) is 103. The number of carbonyl (C=O) groups is 9. The molecule has 9 fully saturated rings. The number of benzene rings is 6. The second kappa shape index (κ2) is 40.3. The van der Waals surface area contributed by atoms with Crippen molar-refractivity contribution >= 4 is 89.9 Å². The Balaban J connectivity index is 0.000000137. The summed E-state index contributed by atoms with van der Waals surface area (Å²) in [5.41, 5.74) is -9.94. The van der Waals surface area contributed by atoms with Crippen LogP contribution >= 0.6 is 37.9 Å². The summed E-state index contributed by atoms with van der Waals surface area (Å²) in [6, 6.07) is 12.7. The molecule has 0 spiro atoms. The summed E-state index contributed by atoms with van der Waals surface area (Å²) in [6.45, 7) is 5.46. The maximum atomic E-state index is 14.0. The highest BCUT2D eigenvalue weighted by molar-refractivity contribution is 7.81. The van der Waals surface area contributed by atoms with Crippen LogP contribution in [-0.4, -0.2) is 362 Å². The van der Waals surface area contributed by atoms with Gasteiger partial charge in [0.15, 0.2) is 91.1 Å². The zero-order valence-electron chi connectivity index (χ0n) is 79.7. The minimum atomic E-state index is -2.24. The fourth-order valence-electron chi connectivity index (χ4n) is 24.0. The lowest BCUT2D eigenvalue weighted by molar-refractivity contribution is -0.271. The van der Waals surface area contributed by atoms with E-state index >= 15 is 0 Å². The van der Waals surface area contributed by atoms with Crippen molar-refractivity contribution in [1.29, 1.82) is 0 Å². The van der Waals surface area contributed by atoms with Crippen LogP contribution < -0.4 is 14.2 Å². The monoisotopic (exact) mass is 2060 g/mol. The van der Waals surface area contributed by atoms with E-state index in [1.54, 1.807) is 21.3 Å². The molecule has 6 aromatic carbocycles. The molecule has 0 amide bonds. The lowest BCUT2D eigenvalue weighted by Gasteiger charge is -2.45. The largest absolute Gasteiger partial charge is 0.507 e. The van der Waals surface area contributed by atoms with Gasteiger partial charge in [0, 0.05) is 166 Å². The number of hydrogen-bond donors (Lipinski definition) is 14. The van der Waals surface area contributed by atoms with Crippen LogP contribution in [0.3, 0.4) is 0 Å². The van der Waals surface area contributed by atoms with Crippen molar-refractivity contribution in [3.63, 3.8) is 0 Å². The Kier molecular flexibility index (Phi) is 28.9. The van der Waals surface area contributed by atoms with Crippen molar-refractivity contribution in [2.75, 3.05) is 99.4 Å². The van der Waals surface area contributed by atoms with Gasteiger partial charge in [-0.15, -0.1) is 0 Å². The van der Waals surface area contributed by atoms with E-state index in [2.05, 4.69) is 52.6 Å². The number of thiol groups is 3. The van der Waals surface area contributed by atoms with Gasteiger partial charge < -0.3 is 141 Å². The molecule has 6 aromatic rings. The normalized spacial score (nSPS) is 33.6. The summed E-state index contributed by atoms with van der Waals surface area (Å²) < 4.78 is 108. The number of phenols is 6. The SMILES string of the molecule is COc1cccc2c1C(=O)c1c(O)c3c(c(O)c1C2=O)C[C@@](O)(C(=O)CO)C[C@@H]3O[C@H]1C[C@H]2[C@H](O[C@@H]3[C@@H](OC)OC(CCS)CN32)[C@H](C)O1.COc1cccc2c1C(=O)c1c(O)c3c(c(O)c1C2=O)C[C@@](O)(C(=O)CO)C[C@@H]3O[C@H]1C[C@H]2[C@H](O[C@@H]3[C@@H](OC)OCC(CCS)N32)[C@H](C)O1.COc1cccc2c1C(=O)c1c(O)c3c(c(O)c1C2=O)C[C@@](O)(C(=O)CS)C[C@@H]3O[C@H]1C[C@H]2[C@H](O[C@@H]3[C@@H](OC)OCCN32)[C@H](C)O1. The molecule has 0 aromatic heterocycles. The minimum Gasteiger partial charge on any atom is -0.507 e. The van der Waals surface area contributed by atoms with Gasteiger partial charge >= 0.3 is 0 Å². The van der Waals surface area contributed by atoms with Gasteiger partial charge in [-0.3, -0.25) is 57.9 Å². The van der Waals surface area contributed by atoms with Crippen LogP contribution in [0.4, 0.5) is 0 Å². The molecule has 26 atom stereocenters. The number of ketones is 9. The molecule has 0 radical (unpaired) electrons. The van der Waals surface area contributed by atoms with Crippen molar-refractivity contribution in [3.05, 3.63) is 155 Å². The quantitative estimate of drug-likeness (QED) is 0.0329. The first-order valence-electron chi connectivity index (χ1n) is 47.5. The van der Waals surface area contributed by atoms with Crippen LogP contribution in [0.15, 0.2) is 54.6 Å². The summed E-state index contributed by atoms with van der Waals surface area (Å²) in [4.78, 5) is 129. The van der Waals surface area contributed by atoms with E-state index < -0.39 is 275 Å². The first-order valence-corrected chi connectivity index (χ1v) is 49.4. The van der Waals surface area contributed by atoms with Crippen LogP contribution in [0.1, 0.15) is 219 Å². The number of hydrogen-bond acceptors (Lipinski definition) is 44. The number of rotatable bonds is 22. The van der Waals surface area contributed by atoms with E-state index in [9.17, 15) is 99.3 Å². The molecule has 41 nitrogen and oxygen atoms in total. The zero-order chi connectivity index (χ0) is 103. The highest BCUT2D eigenvalue weighted by atomic mass is 32.1. The average molecular weight is 2060 g/mol. The van der Waals surface area contributed by atoms with Crippen LogP contribution in [0, 0.1) is 0 Å². The predicted molar refractivity (Wildman–Crippen MR) is 503 cm³/mol. The maximum absolute atomic E-state index is 14.0. The van der Waals surface area contributed by atoms with E-state index in [0.717, 1.165) is 0 Å². The summed E-state index contributed by atoms with van der Waals surface area (Å²) >= 11 is 12.9. The highest BCUT2D eigenvalue weighted by Crippen LogP contribution is 2.59. The topological polar surface area (TPSA) is 552 Å². The third-order valence-electron chi connectivity index (χ3n) is 30.7. The van der Waals surface area contributed by atoms with Crippen LogP contribution in [0.2, 0.25) is 0 Å². The standard InChI is InChI=1S/2C34H39NO13S.C32H35NO12S/c1-14-31-18(35-15(7-8-49)13-45-33(44-3)32(35)48-31)9-22(46-14)47-20-11-34(42,21(37)12-36)10-17-24(20)30(41)26-25(28(17)39)27(38)16-5-4-6-19(43-2)23(16)29(26)40;1-14-31-18(35-12-15(7-8-49)46-33(44-3)32(35)48-31)9-22(45-14)47-20-11-34(42,21(37)13-36)10-17-24(20)30(41)26-25(28(17)39)27(38)16-5-4-6-19(43-2)23(16)29(26)40;1-13-29-16(33-7-8-42-31(41-3)30(33)45-29)9-20(43-13)44-18-11-32(39,19(34)12-46)10-15-22(18)28(38)24-23(26(15)36)25(35)14-5-4-6-17(40-2)21(14)27(24)37/h2*4-6,14-15,18,20,22,31-33,36,39,41-42,49H,7-13H2,1-3H3;4-6,13,16,18,20,29-31,36,38-39,46H,7-12H2,1-3H3/t2*14-,15?,18-,20-,22-,31+,32+,33-,34-;13-,16-,18-,20-,29+,30+,31-,32-/m000/s1. The van der Waals surface area contributed by atoms with Gasteiger partial charge in [0.05, 0.1) is 133 Å². The van der Waals surface area contributed by atoms with Crippen LogP contribution in [0.25, 0.3) is 0 Å². The Bertz CT molecular complexity index is 6180. The molecule has 2 unspecified atom stereocenters. The van der Waals surface area contributed by atoms with E-state index in [0.29, 0.717) is 57.1 Å². The molecule has 9 saturated heterocycles. The Hall–Kier alpha value is -9.32. The van der Waals surface area contributed by atoms with E-state index in [4.69, 9.17) is 85.3 Å². The zero-order valence-corrected chi connectivity index (χ0v) is 82.4. The third-order valence-corrected chi connectivity index (χ3v) is 31.5. The van der Waals surface area contributed by atoms with Crippen molar-refractivity contribution in [2.45, 2.75) is 250 Å². The van der Waals surface area contributed by atoms with Gasteiger partial charge in [-0.1, -0.05) is 36.4 Å². The second-order valence-corrected chi connectivity index (χ2v) is 39.7. The first-order chi connectivity index (χ1) is 68.9. The number of carbonyl (C=O) groups excluding carboxylic acids is 9. The smallest absolute Gasteiger partial charge is 0.202 e. The Labute approximate surface area is 840 Å². The number of morpholine rings is 3. The predicted octanol–water partition coefficient (Wildman–Crippen LogP) is 4.45. The third kappa shape index (κ3) is 17.0. The van der Waals surface area contributed by atoms with Crippen LogP contribution in [0.5, 0.6) is 51.7 Å². The Morgan fingerprint density at radius 3 is 1.15 bits per heavy atom. The number of fused-ring (bicyclic) bond motifs is 18. The fourth-order valence-corrected chi connectivity index (χ4v) is 24.9. The molecular formula is C100H113N3O38S3. The van der Waals surface area contributed by atoms with Gasteiger partial charge in [-0.2, -0.15) is 37.9 Å². The highest BCUT2D eigenvalue weighted by Gasteiger charge is 2.62. The maximum Gasteiger partial charge on any atom is 0.202 e. The van der Waals surface area contributed by atoms with E-state index in [1.807, 2.05) is 20.8 Å². The number of methoxy groups -OCH3 is 6. The van der Waals surface area contributed by atoms with E-state index in [-0.39, 0.29) is 158 Å². The summed E-state index contributed by atoms with van der Waals surface area (Å²) in [5.74, 6) is -9.47. The summed E-state index contributed by atoms with van der Waals surface area (Å²) in [6.07, 6.45) is -13.1. The van der Waals surface area contributed by atoms with Crippen molar-refractivity contribution < 1.29 is 185 Å². The van der Waals surface area contributed by atoms with Gasteiger partial charge in [0.2, 0.25) is 17.3 Å². The lowest BCUT2D eigenvalue weighted by atomic mass is 9.72. The van der Waals surface area contributed by atoms with Crippen molar-refractivity contribution in [2.24, 2.45) is 0 Å². The molecule has 44 heteroatoms. The van der Waals surface area contributed by atoms with Crippen molar-refractivity contribution in [1.82, 2.24) is 14.7 Å². The number of aliphatic hydroxyl groups excluding tert-OH is 2. The van der Waals surface area contributed by atoms with Gasteiger partial charge in [-0.05, 0) is 63.3 Å². The Morgan fingerprint density at radius 1 is 0.417 bits per heavy atom. The summed E-state index contributed by atoms with van der Waals surface area (Å²) in [5, 5.41) is 125. The minimum absolute atomic E-state index is 0.00266. The molecule has 15 aliphatic rings. The molecule has 0 bridgehead atoms. The number of nitrogens with zero attached hydrogens (tertiary/aromatic N) is 3. The molecule has 21 rings (SSSR count). The average Bonchev–Trinajstić information content (AvgIpc) is 0.838. The number of ether oxygens (including phenoxy) is 18. The second-order valence-electron chi connectivity index (χ2n) is 38.5. The van der Waals surface area contributed by atoms with Crippen molar-refractivity contribution in [3.8, 4) is 51.7 Å². The van der Waals surface area contributed by atoms with Gasteiger partial charge in [-0.25, -0.2) is 0 Å². The van der Waals surface area contributed by atoms with Gasteiger partial charge in [0.1, 0.15) is 100 Å². The molecular weight excluding hydrogens is 1950 g/mol.